The first-order valence-electron chi connectivity index (χ1n) is 8.96. The van der Waals surface area contributed by atoms with Crippen LogP contribution in [0.5, 0.6) is 5.75 Å². The van der Waals surface area contributed by atoms with Crippen molar-refractivity contribution in [2.24, 2.45) is 5.92 Å². The van der Waals surface area contributed by atoms with Crippen LogP contribution in [-0.2, 0) is 9.53 Å². The lowest BCUT2D eigenvalue weighted by Crippen LogP contribution is -2.25. The molecule has 1 aromatic carbocycles. The molecule has 2 aliphatic rings. The molecule has 1 unspecified atom stereocenters. The zero-order valence-corrected chi connectivity index (χ0v) is 13.8. The monoisotopic (exact) mass is 317 g/mol. The van der Waals surface area contributed by atoms with Crippen LogP contribution in [0.3, 0.4) is 0 Å². The first-order valence-corrected chi connectivity index (χ1v) is 8.96. The fourth-order valence-corrected chi connectivity index (χ4v) is 3.37. The molecule has 1 saturated carbocycles. The molecular formula is C19H27NO3. The maximum atomic E-state index is 12.2. The largest absolute Gasteiger partial charge is 0.491 e. The third kappa shape index (κ3) is 4.96. The minimum Gasteiger partial charge on any atom is -0.491 e. The van der Waals surface area contributed by atoms with Crippen LogP contribution in [0, 0.1) is 5.92 Å². The molecule has 3 rings (SSSR count). The van der Waals surface area contributed by atoms with Gasteiger partial charge in [0.1, 0.15) is 12.4 Å². The summed E-state index contributed by atoms with van der Waals surface area (Å²) in [5.74, 6) is 1.17. The van der Waals surface area contributed by atoms with E-state index >= 15 is 0 Å². The van der Waals surface area contributed by atoms with E-state index in [9.17, 15) is 4.79 Å². The lowest BCUT2D eigenvalue weighted by molar-refractivity contribution is -0.120. The summed E-state index contributed by atoms with van der Waals surface area (Å²) >= 11 is 0. The van der Waals surface area contributed by atoms with Gasteiger partial charge in [-0.2, -0.15) is 0 Å². The number of hydrogen-bond acceptors (Lipinski definition) is 3. The smallest absolute Gasteiger partial charge is 0.227 e. The van der Waals surface area contributed by atoms with Crippen LogP contribution in [0.1, 0.15) is 51.4 Å². The van der Waals surface area contributed by atoms with Crippen molar-refractivity contribution in [3.63, 3.8) is 0 Å². The third-order valence-electron chi connectivity index (χ3n) is 4.81. The van der Waals surface area contributed by atoms with Crippen LogP contribution in [-0.4, -0.2) is 25.2 Å². The maximum absolute atomic E-state index is 12.2. The predicted octanol–water partition coefficient (Wildman–Crippen LogP) is 4.15. The van der Waals surface area contributed by atoms with E-state index in [0.29, 0.717) is 6.61 Å². The van der Waals surface area contributed by atoms with Crippen LogP contribution in [0.2, 0.25) is 0 Å². The predicted molar refractivity (Wildman–Crippen MR) is 90.7 cm³/mol. The molecule has 23 heavy (non-hydrogen) atoms. The van der Waals surface area contributed by atoms with Crippen LogP contribution < -0.4 is 10.1 Å². The van der Waals surface area contributed by atoms with E-state index in [1.165, 1.54) is 25.7 Å². The number of amides is 1. The highest BCUT2D eigenvalue weighted by Crippen LogP contribution is 2.25. The number of rotatable bonds is 5. The molecule has 1 aromatic rings. The summed E-state index contributed by atoms with van der Waals surface area (Å²) in [6, 6.07) is 7.66. The van der Waals surface area contributed by atoms with Crippen molar-refractivity contribution >= 4 is 11.6 Å². The second-order valence-corrected chi connectivity index (χ2v) is 6.65. The third-order valence-corrected chi connectivity index (χ3v) is 4.81. The summed E-state index contributed by atoms with van der Waals surface area (Å²) in [6.45, 7) is 1.45. The van der Waals surface area contributed by atoms with Gasteiger partial charge in [-0.3, -0.25) is 4.79 Å². The van der Waals surface area contributed by atoms with E-state index in [4.69, 9.17) is 9.47 Å². The van der Waals surface area contributed by atoms with Gasteiger partial charge in [0.05, 0.1) is 6.10 Å². The quantitative estimate of drug-likeness (QED) is 0.887. The normalized spacial score (nSPS) is 22.5. The zero-order valence-electron chi connectivity index (χ0n) is 13.8. The lowest BCUT2D eigenvalue weighted by Gasteiger charge is -2.22. The van der Waals surface area contributed by atoms with Crippen molar-refractivity contribution in [3.05, 3.63) is 24.3 Å². The molecule has 1 amide bonds. The van der Waals surface area contributed by atoms with Crippen molar-refractivity contribution in [3.8, 4) is 5.75 Å². The molecule has 0 spiro atoms. The SMILES string of the molecule is O=C(Nc1ccc(OCC2CCCCO2)cc1)C1CCCCC1. The molecule has 1 saturated heterocycles. The standard InChI is InChI=1S/C19H27NO3/c21-19(15-6-2-1-3-7-15)20-16-9-11-17(12-10-16)23-14-18-8-4-5-13-22-18/h9-12,15,18H,1-8,13-14H2,(H,20,21). The Morgan fingerprint density at radius 3 is 2.48 bits per heavy atom. The molecule has 1 N–H and O–H groups in total. The molecule has 1 aliphatic carbocycles. The second kappa shape index (κ2) is 8.34. The summed E-state index contributed by atoms with van der Waals surface area (Å²) in [5, 5.41) is 3.03. The number of hydrogen-bond donors (Lipinski definition) is 1. The molecule has 0 radical (unpaired) electrons. The summed E-state index contributed by atoms with van der Waals surface area (Å²) < 4.78 is 11.4. The van der Waals surface area contributed by atoms with Gasteiger partial charge in [-0.1, -0.05) is 19.3 Å². The van der Waals surface area contributed by atoms with Gasteiger partial charge >= 0.3 is 0 Å². The Hall–Kier alpha value is -1.55. The van der Waals surface area contributed by atoms with Gasteiger partial charge in [-0.25, -0.2) is 0 Å². The van der Waals surface area contributed by atoms with E-state index in [1.807, 2.05) is 24.3 Å². The molecule has 1 atom stereocenters. The minimum absolute atomic E-state index is 0.161. The van der Waals surface area contributed by atoms with Crippen molar-refractivity contribution in [1.82, 2.24) is 0 Å². The van der Waals surface area contributed by atoms with Gasteiger partial charge in [-0.05, 0) is 56.4 Å². The average Bonchev–Trinajstić information content (AvgIpc) is 2.63. The van der Waals surface area contributed by atoms with E-state index in [-0.39, 0.29) is 17.9 Å². The number of nitrogens with one attached hydrogen (secondary N) is 1. The summed E-state index contributed by atoms with van der Waals surface area (Å²) in [4.78, 5) is 12.2. The number of benzene rings is 1. The maximum Gasteiger partial charge on any atom is 0.227 e. The van der Waals surface area contributed by atoms with Gasteiger partial charge in [0.2, 0.25) is 5.91 Å². The van der Waals surface area contributed by atoms with E-state index in [0.717, 1.165) is 43.7 Å². The number of ether oxygens (including phenoxy) is 2. The molecule has 1 aliphatic heterocycles. The highest BCUT2D eigenvalue weighted by atomic mass is 16.5. The van der Waals surface area contributed by atoms with Crippen molar-refractivity contribution in [1.29, 1.82) is 0 Å². The summed E-state index contributed by atoms with van der Waals surface area (Å²) in [7, 11) is 0. The molecule has 0 aromatic heterocycles. The highest BCUT2D eigenvalue weighted by Gasteiger charge is 2.21. The topological polar surface area (TPSA) is 47.6 Å². The van der Waals surface area contributed by atoms with Crippen LogP contribution >= 0.6 is 0 Å². The van der Waals surface area contributed by atoms with Crippen LogP contribution in [0.25, 0.3) is 0 Å². The van der Waals surface area contributed by atoms with E-state index in [2.05, 4.69) is 5.32 Å². The molecule has 2 fully saturated rings. The number of carbonyl (C=O) groups excluding carboxylic acids is 1. The van der Waals surface area contributed by atoms with Gasteiger partial charge in [0, 0.05) is 18.2 Å². The molecule has 4 heteroatoms. The Morgan fingerprint density at radius 1 is 1.04 bits per heavy atom. The van der Waals surface area contributed by atoms with Crippen molar-refractivity contribution < 1.29 is 14.3 Å². The fraction of sp³-hybridized carbons (Fsp3) is 0.632. The first-order chi connectivity index (χ1) is 11.3. The minimum atomic E-state index is 0.161. The number of carbonyl (C=O) groups is 1. The van der Waals surface area contributed by atoms with Crippen molar-refractivity contribution in [2.75, 3.05) is 18.5 Å². The van der Waals surface area contributed by atoms with Crippen LogP contribution in [0.15, 0.2) is 24.3 Å². The first kappa shape index (κ1) is 16.3. The summed E-state index contributed by atoms with van der Waals surface area (Å²) in [5.41, 5.74) is 0.849. The van der Waals surface area contributed by atoms with E-state index in [1.54, 1.807) is 0 Å². The van der Waals surface area contributed by atoms with Gasteiger partial charge in [0.15, 0.2) is 0 Å². The molecule has 0 bridgehead atoms. The van der Waals surface area contributed by atoms with Gasteiger partial charge in [-0.15, -0.1) is 0 Å². The van der Waals surface area contributed by atoms with Crippen molar-refractivity contribution in [2.45, 2.75) is 57.5 Å². The fourth-order valence-electron chi connectivity index (χ4n) is 3.37. The lowest BCUT2D eigenvalue weighted by atomic mass is 9.88. The second-order valence-electron chi connectivity index (χ2n) is 6.65. The molecule has 126 valence electrons. The van der Waals surface area contributed by atoms with Gasteiger partial charge < -0.3 is 14.8 Å². The Balaban J connectivity index is 1.45. The zero-order chi connectivity index (χ0) is 15.9. The Morgan fingerprint density at radius 2 is 1.78 bits per heavy atom. The van der Waals surface area contributed by atoms with E-state index < -0.39 is 0 Å². The number of anilines is 1. The highest BCUT2D eigenvalue weighted by molar-refractivity contribution is 5.92. The van der Waals surface area contributed by atoms with Crippen LogP contribution in [0.4, 0.5) is 5.69 Å². The Kier molecular flexibility index (Phi) is 5.92. The molecule has 4 nitrogen and oxygen atoms in total. The summed E-state index contributed by atoms with van der Waals surface area (Å²) in [6.07, 6.45) is 9.34. The average molecular weight is 317 g/mol. The Labute approximate surface area is 138 Å². The molecular weight excluding hydrogens is 290 g/mol. The molecule has 1 heterocycles. The Bertz CT molecular complexity index is 488. The van der Waals surface area contributed by atoms with Gasteiger partial charge in [0.25, 0.3) is 0 Å².